The summed E-state index contributed by atoms with van der Waals surface area (Å²) in [6.45, 7) is 5.94. The van der Waals surface area contributed by atoms with E-state index >= 15 is 0 Å². The lowest BCUT2D eigenvalue weighted by Crippen LogP contribution is -2.60. The maximum absolute atomic E-state index is 12.3. The number of nitrogens with one attached hydrogen (secondary N) is 1. The fourth-order valence-corrected chi connectivity index (χ4v) is 5.83. The van der Waals surface area contributed by atoms with E-state index < -0.39 is 26.3 Å². The van der Waals surface area contributed by atoms with Crippen LogP contribution < -0.4 is 11.1 Å². The zero-order chi connectivity index (χ0) is 15.9. The van der Waals surface area contributed by atoms with Gasteiger partial charge in [0, 0.05) is 6.04 Å². The third-order valence-corrected chi connectivity index (χ3v) is 6.98. The highest BCUT2D eigenvalue weighted by Gasteiger charge is 2.56. The summed E-state index contributed by atoms with van der Waals surface area (Å²) in [6, 6.07) is -0.137. The van der Waals surface area contributed by atoms with Gasteiger partial charge in [-0.1, -0.05) is 0 Å². The van der Waals surface area contributed by atoms with Crippen molar-refractivity contribution in [2.75, 3.05) is 12.3 Å². The number of hydrogen-bond acceptors (Lipinski definition) is 5. The van der Waals surface area contributed by atoms with Gasteiger partial charge in [-0.2, -0.15) is 0 Å². The highest BCUT2D eigenvalue weighted by atomic mass is 32.2. The highest BCUT2D eigenvalue weighted by Crippen LogP contribution is 2.49. The molecule has 0 bridgehead atoms. The Morgan fingerprint density at radius 2 is 1.95 bits per heavy atom. The molecule has 0 radical (unpaired) electrons. The lowest BCUT2D eigenvalue weighted by atomic mass is 9.70. The van der Waals surface area contributed by atoms with Gasteiger partial charge in [0.15, 0.2) is 9.84 Å². The number of alkyl carbamates (subject to hydrolysis) is 1. The molecule has 1 unspecified atom stereocenters. The molecule has 1 atom stereocenters. The molecule has 1 aliphatic heterocycles. The molecule has 1 aliphatic carbocycles. The number of amides is 1. The van der Waals surface area contributed by atoms with Gasteiger partial charge < -0.3 is 15.8 Å². The molecule has 0 aromatic heterocycles. The van der Waals surface area contributed by atoms with Crippen LogP contribution in [0.5, 0.6) is 0 Å². The van der Waals surface area contributed by atoms with Gasteiger partial charge in [0.25, 0.3) is 0 Å². The van der Waals surface area contributed by atoms with Crippen LogP contribution in [0.2, 0.25) is 0 Å². The van der Waals surface area contributed by atoms with Gasteiger partial charge in [-0.25, -0.2) is 13.2 Å². The second-order valence-electron chi connectivity index (χ2n) is 7.35. The Morgan fingerprint density at radius 1 is 1.33 bits per heavy atom. The Kier molecular flexibility index (Phi) is 4.28. The zero-order valence-corrected chi connectivity index (χ0v) is 13.8. The number of hydrogen-bond donors (Lipinski definition) is 2. The molecule has 21 heavy (non-hydrogen) atoms. The van der Waals surface area contributed by atoms with Crippen LogP contribution in [-0.2, 0) is 14.6 Å². The van der Waals surface area contributed by atoms with E-state index in [1.165, 1.54) is 0 Å². The molecule has 122 valence electrons. The molecule has 6 nitrogen and oxygen atoms in total. The van der Waals surface area contributed by atoms with Crippen molar-refractivity contribution in [1.29, 1.82) is 0 Å². The predicted octanol–water partition coefficient (Wildman–Crippen LogP) is 1.20. The van der Waals surface area contributed by atoms with Gasteiger partial charge in [0.05, 0.1) is 10.5 Å². The number of carbonyl (C=O) groups excluding carboxylic acids is 1. The van der Waals surface area contributed by atoms with Crippen LogP contribution in [0.3, 0.4) is 0 Å². The molecule has 1 saturated carbocycles. The van der Waals surface area contributed by atoms with E-state index in [1.807, 2.05) is 0 Å². The summed E-state index contributed by atoms with van der Waals surface area (Å²) in [5.41, 5.74) is 5.06. The van der Waals surface area contributed by atoms with E-state index in [2.05, 4.69) is 5.32 Å². The summed E-state index contributed by atoms with van der Waals surface area (Å²) < 4.78 is 29.2. The number of ether oxygens (including phenoxy) is 1. The maximum Gasteiger partial charge on any atom is 0.407 e. The Bertz CT molecular complexity index is 504. The molecule has 0 aromatic carbocycles. The second kappa shape index (κ2) is 5.43. The van der Waals surface area contributed by atoms with Gasteiger partial charge in [0.1, 0.15) is 5.60 Å². The van der Waals surface area contributed by atoms with E-state index in [-0.39, 0.29) is 11.8 Å². The largest absolute Gasteiger partial charge is 0.444 e. The number of carbonyl (C=O) groups is 1. The average Bonchev–Trinajstić information content (AvgIpc) is 2.26. The first kappa shape index (κ1) is 16.5. The minimum Gasteiger partial charge on any atom is -0.444 e. The van der Waals surface area contributed by atoms with Gasteiger partial charge in [-0.3, -0.25) is 0 Å². The Labute approximate surface area is 126 Å². The minimum atomic E-state index is -3.08. The van der Waals surface area contributed by atoms with Crippen molar-refractivity contribution in [2.45, 2.75) is 62.8 Å². The highest BCUT2D eigenvalue weighted by molar-refractivity contribution is 7.92. The van der Waals surface area contributed by atoms with Crippen molar-refractivity contribution in [3.63, 3.8) is 0 Å². The van der Waals surface area contributed by atoms with Crippen molar-refractivity contribution < 1.29 is 17.9 Å². The first-order chi connectivity index (χ1) is 9.57. The molecule has 7 heteroatoms. The van der Waals surface area contributed by atoms with Crippen molar-refractivity contribution in [1.82, 2.24) is 5.32 Å². The van der Waals surface area contributed by atoms with E-state index in [9.17, 15) is 13.2 Å². The smallest absolute Gasteiger partial charge is 0.407 e. The summed E-state index contributed by atoms with van der Waals surface area (Å²) in [5, 5.41) is 2.81. The topological polar surface area (TPSA) is 98.5 Å². The van der Waals surface area contributed by atoms with Crippen LogP contribution in [0.25, 0.3) is 0 Å². The second-order valence-corrected chi connectivity index (χ2v) is 9.85. The van der Waals surface area contributed by atoms with Gasteiger partial charge in [-0.15, -0.1) is 0 Å². The maximum atomic E-state index is 12.3. The van der Waals surface area contributed by atoms with Crippen LogP contribution in [-0.4, -0.2) is 43.2 Å². The summed E-state index contributed by atoms with van der Waals surface area (Å²) in [4.78, 5) is 11.8. The molecule has 2 fully saturated rings. The van der Waals surface area contributed by atoms with E-state index in [4.69, 9.17) is 10.5 Å². The van der Waals surface area contributed by atoms with Gasteiger partial charge in [0.2, 0.25) is 0 Å². The first-order valence-corrected chi connectivity index (χ1v) is 9.14. The van der Waals surface area contributed by atoms with E-state index in [0.717, 1.165) is 0 Å². The minimum absolute atomic E-state index is 0.130. The van der Waals surface area contributed by atoms with Crippen LogP contribution in [0.15, 0.2) is 0 Å². The Morgan fingerprint density at radius 3 is 2.48 bits per heavy atom. The fourth-order valence-electron chi connectivity index (χ4n) is 3.37. The van der Waals surface area contributed by atoms with Crippen molar-refractivity contribution in [3.8, 4) is 0 Å². The molecule has 0 aromatic rings. The van der Waals surface area contributed by atoms with Crippen LogP contribution in [0.4, 0.5) is 4.79 Å². The van der Waals surface area contributed by atoms with Gasteiger partial charge in [-0.05, 0) is 58.9 Å². The molecule has 1 amide bonds. The van der Waals surface area contributed by atoms with E-state index in [1.54, 1.807) is 20.8 Å². The normalized spacial score (nSPS) is 35.0. The lowest BCUT2D eigenvalue weighted by Gasteiger charge is -2.50. The summed E-state index contributed by atoms with van der Waals surface area (Å²) >= 11 is 0. The molecule has 1 heterocycles. The molecule has 2 aliphatic rings. The molecule has 1 saturated heterocycles. The number of nitrogens with two attached hydrogens (primary N) is 1. The van der Waals surface area contributed by atoms with E-state index in [0.29, 0.717) is 38.1 Å². The van der Waals surface area contributed by atoms with Crippen LogP contribution in [0, 0.1) is 5.92 Å². The Hall–Kier alpha value is -0.820. The SMILES string of the molecule is CC(C)(C)OC(=O)NC1CCS(=O)(=O)C2(CC(CN)C2)C1. The van der Waals surface area contributed by atoms with Crippen molar-refractivity contribution in [3.05, 3.63) is 0 Å². The first-order valence-electron chi connectivity index (χ1n) is 7.49. The number of sulfone groups is 1. The molecule has 3 N–H and O–H groups in total. The third-order valence-electron chi connectivity index (χ3n) is 4.39. The standard InChI is InChI=1S/C14H26N2O4S/c1-13(2,3)20-12(17)16-11-4-5-21(18,19)14(8-11)6-10(7-14)9-15/h10-11H,4-9,15H2,1-3H3,(H,16,17). The van der Waals surface area contributed by atoms with Crippen molar-refractivity contribution in [2.24, 2.45) is 11.7 Å². The fraction of sp³-hybridized carbons (Fsp3) is 0.929. The van der Waals surface area contributed by atoms with Crippen LogP contribution >= 0.6 is 0 Å². The molecule has 1 spiro atoms. The summed E-state index contributed by atoms with van der Waals surface area (Å²) in [6.07, 6.45) is 1.70. The zero-order valence-electron chi connectivity index (χ0n) is 13.0. The van der Waals surface area contributed by atoms with Crippen LogP contribution in [0.1, 0.15) is 46.5 Å². The summed E-state index contributed by atoms with van der Waals surface area (Å²) in [5.74, 6) is 0.421. The molecule has 2 rings (SSSR count). The number of rotatable bonds is 2. The molecular formula is C14H26N2O4S. The quantitative estimate of drug-likeness (QED) is 0.797. The average molecular weight is 318 g/mol. The summed E-state index contributed by atoms with van der Waals surface area (Å²) in [7, 11) is -3.08. The lowest BCUT2D eigenvalue weighted by molar-refractivity contribution is 0.0485. The Balaban J connectivity index is 1.98. The van der Waals surface area contributed by atoms with Gasteiger partial charge >= 0.3 is 6.09 Å². The van der Waals surface area contributed by atoms with Crippen molar-refractivity contribution >= 4 is 15.9 Å². The monoisotopic (exact) mass is 318 g/mol. The third kappa shape index (κ3) is 3.51. The predicted molar refractivity (Wildman–Crippen MR) is 80.7 cm³/mol. The molecular weight excluding hydrogens is 292 g/mol.